The first-order valence-electron chi connectivity index (χ1n) is 5.76. The van der Waals surface area contributed by atoms with E-state index in [1.54, 1.807) is 0 Å². The molecule has 5 heteroatoms. The molecule has 0 aromatic heterocycles. The second kappa shape index (κ2) is 6.83. The lowest BCUT2D eigenvalue weighted by atomic mass is 10.2. The van der Waals surface area contributed by atoms with E-state index in [1.165, 1.54) is 7.11 Å². The predicted molar refractivity (Wildman–Crippen MR) is 59.1 cm³/mol. The lowest BCUT2D eigenvalue weighted by Crippen LogP contribution is -2.38. The molecule has 0 aliphatic carbocycles. The van der Waals surface area contributed by atoms with Gasteiger partial charge in [-0.2, -0.15) is 0 Å². The fourth-order valence-electron chi connectivity index (χ4n) is 1.94. The van der Waals surface area contributed by atoms with Crippen LogP contribution in [0.4, 0.5) is 0 Å². The summed E-state index contributed by atoms with van der Waals surface area (Å²) in [5, 5.41) is 9.53. The Balaban J connectivity index is 2.34. The zero-order valence-corrected chi connectivity index (χ0v) is 10.0. The normalized spacial score (nSPS) is 25.9. The molecule has 0 amide bonds. The Morgan fingerprint density at radius 3 is 2.88 bits per heavy atom. The Morgan fingerprint density at radius 1 is 1.50 bits per heavy atom. The highest BCUT2D eigenvalue weighted by Crippen LogP contribution is 2.18. The third-order valence-corrected chi connectivity index (χ3v) is 2.73. The summed E-state index contributed by atoms with van der Waals surface area (Å²) in [6.07, 6.45) is 1.01. The number of methoxy groups -OCH3 is 1. The number of nitrogens with zero attached hydrogens (tertiary/aromatic N) is 1. The molecule has 16 heavy (non-hydrogen) atoms. The van der Waals surface area contributed by atoms with Crippen molar-refractivity contribution in [3.8, 4) is 0 Å². The molecule has 0 bridgehead atoms. The average Bonchev–Trinajstić information content (AvgIpc) is 2.65. The molecule has 1 fully saturated rings. The average molecular weight is 231 g/mol. The Bertz CT molecular complexity index is 222. The number of carbonyl (C=O) groups is 1. The van der Waals surface area contributed by atoms with Crippen molar-refractivity contribution in [1.82, 2.24) is 4.90 Å². The van der Waals surface area contributed by atoms with Crippen molar-refractivity contribution in [2.75, 3.05) is 33.4 Å². The standard InChI is InChI=1S/C11H21NO4/c1-3-5-16-6-4-12-8-9(13)7-10(12)11(14)15-2/h9-10,13H,3-8H2,1-2H3. The molecule has 1 heterocycles. The molecule has 1 aliphatic rings. The van der Waals surface area contributed by atoms with E-state index in [1.807, 2.05) is 4.90 Å². The van der Waals surface area contributed by atoms with Crippen molar-refractivity contribution in [3.63, 3.8) is 0 Å². The Morgan fingerprint density at radius 2 is 2.25 bits per heavy atom. The van der Waals surface area contributed by atoms with E-state index in [0.29, 0.717) is 26.1 Å². The van der Waals surface area contributed by atoms with Gasteiger partial charge in [0, 0.05) is 26.1 Å². The maximum absolute atomic E-state index is 11.4. The summed E-state index contributed by atoms with van der Waals surface area (Å²) in [4.78, 5) is 13.4. The van der Waals surface area contributed by atoms with Crippen molar-refractivity contribution in [2.24, 2.45) is 0 Å². The topological polar surface area (TPSA) is 59.0 Å². The highest BCUT2D eigenvalue weighted by molar-refractivity contribution is 5.76. The van der Waals surface area contributed by atoms with Gasteiger partial charge in [-0.05, 0) is 6.42 Å². The second-order valence-corrected chi connectivity index (χ2v) is 4.04. The third kappa shape index (κ3) is 3.73. The summed E-state index contributed by atoms with van der Waals surface area (Å²) in [6, 6.07) is -0.315. The first kappa shape index (κ1) is 13.4. The van der Waals surface area contributed by atoms with Gasteiger partial charge in [0.15, 0.2) is 0 Å². The van der Waals surface area contributed by atoms with Crippen molar-refractivity contribution in [1.29, 1.82) is 0 Å². The van der Waals surface area contributed by atoms with Crippen LogP contribution in [-0.2, 0) is 14.3 Å². The van der Waals surface area contributed by atoms with Crippen LogP contribution in [0.5, 0.6) is 0 Å². The highest BCUT2D eigenvalue weighted by Gasteiger charge is 2.36. The number of esters is 1. The maximum Gasteiger partial charge on any atom is 0.323 e. The predicted octanol–water partition coefficient (Wildman–Crippen LogP) is 0.0212. The lowest BCUT2D eigenvalue weighted by Gasteiger charge is -2.21. The monoisotopic (exact) mass is 231 g/mol. The van der Waals surface area contributed by atoms with Gasteiger partial charge in [0.25, 0.3) is 0 Å². The fourth-order valence-corrected chi connectivity index (χ4v) is 1.94. The molecule has 5 nitrogen and oxygen atoms in total. The van der Waals surface area contributed by atoms with Crippen LogP contribution >= 0.6 is 0 Å². The quantitative estimate of drug-likeness (QED) is 0.516. The summed E-state index contributed by atoms with van der Waals surface area (Å²) in [5.41, 5.74) is 0. The van der Waals surface area contributed by atoms with Gasteiger partial charge in [-0.1, -0.05) is 6.92 Å². The molecule has 94 valence electrons. The number of hydrogen-bond donors (Lipinski definition) is 1. The number of ether oxygens (including phenoxy) is 2. The van der Waals surface area contributed by atoms with Crippen LogP contribution in [0.25, 0.3) is 0 Å². The molecular weight excluding hydrogens is 210 g/mol. The van der Waals surface area contributed by atoms with Crippen LogP contribution < -0.4 is 0 Å². The molecule has 2 unspecified atom stereocenters. The molecule has 2 atom stereocenters. The van der Waals surface area contributed by atoms with Crippen LogP contribution in [-0.4, -0.2) is 61.5 Å². The lowest BCUT2D eigenvalue weighted by molar-refractivity contribution is -0.146. The molecule has 1 saturated heterocycles. The van der Waals surface area contributed by atoms with E-state index in [2.05, 4.69) is 6.92 Å². The number of rotatable bonds is 6. The smallest absolute Gasteiger partial charge is 0.323 e. The van der Waals surface area contributed by atoms with Crippen molar-refractivity contribution in [2.45, 2.75) is 31.9 Å². The summed E-state index contributed by atoms with van der Waals surface area (Å²) in [7, 11) is 1.37. The van der Waals surface area contributed by atoms with E-state index in [-0.39, 0.29) is 12.0 Å². The molecule has 0 spiro atoms. The molecular formula is C11H21NO4. The van der Waals surface area contributed by atoms with Gasteiger partial charge in [0.2, 0.25) is 0 Å². The van der Waals surface area contributed by atoms with Gasteiger partial charge >= 0.3 is 5.97 Å². The molecule has 1 rings (SSSR count). The molecule has 1 aliphatic heterocycles. The molecule has 0 aromatic carbocycles. The summed E-state index contributed by atoms with van der Waals surface area (Å²) in [6.45, 7) is 4.57. The molecule has 0 aromatic rings. The maximum atomic E-state index is 11.4. The van der Waals surface area contributed by atoms with E-state index < -0.39 is 6.10 Å². The van der Waals surface area contributed by atoms with Gasteiger partial charge < -0.3 is 14.6 Å². The highest BCUT2D eigenvalue weighted by atomic mass is 16.5. The number of aliphatic hydroxyl groups is 1. The van der Waals surface area contributed by atoms with Gasteiger partial charge in [0.05, 0.1) is 19.8 Å². The fraction of sp³-hybridized carbons (Fsp3) is 0.909. The van der Waals surface area contributed by atoms with E-state index in [9.17, 15) is 9.90 Å². The first-order chi connectivity index (χ1) is 7.69. The van der Waals surface area contributed by atoms with E-state index in [4.69, 9.17) is 9.47 Å². The van der Waals surface area contributed by atoms with E-state index >= 15 is 0 Å². The number of aliphatic hydroxyl groups excluding tert-OH is 1. The van der Waals surface area contributed by atoms with Gasteiger partial charge in [-0.15, -0.1) is 0 Å². The minimum Gasteiger partial charge on any atom is -0.468 e. The Kier molecular flexibility index (Phi) is 5.73. The summed E-state index contributed by atoms with van der Waals surface area (Å²) < 4.78 is 10.1. The van der Waals surface area contributed by atoms with E-state index in [0.717, 1.165) is 13.0 Å². The van der Waals surface area contributed by atoms with Crippen molar-refractivity contribution < 1.29 is 19.4 Å². The van der Waals surface area contributed by atoms with Crippen LogP contribution in [0.2, 0.25) is 0 Å². The molecule has 0 radical (unpaired) electrons. The second-order valence-electron chi connectivity index (χ2n) is 4.04. The van der Waals surface area contributed by atoms with Crippen LogP contribution in [0.3, 0.4) is 0 Å². The SMILES string of the molecule is CCCOCCN1CC(O)CC1C(=O)OC. The molecule has 0 saturated carbocycles. The van der Waals surface area contributed by atoms with Gasteiger partial charge in [0.1, 0.15) is 6.04 Å². The van der Waals surface area contributed by atoms with Crippen LogP contribution in [0.15, 0.2) is 0 Å². The zero-order valence-electron chi connectivity index (χ0n) is 10.0. The van der Waals surface area contributed by atoms with Crippen molar-refractivity contribution in [3.05, 3.63) is 0 Å². The Labute approximate surface area is 96.3 Å². The number of hydrogen-bond acceptors (Lipinski definition) is 5. The minimum atomic E-state index is -0.435. The number of carbonyl (C=O) groups excluding carboxylic acids is 1. The number of likely N-dealkylation sites (tertiary alicyclic amines) is 1. The minimum absolute atomic E-state index is 0.271. The first-order valence-corrected chi connectivity index (χ1v) is 5.76. The van der Waals surface area contributed by atoms with Gasteiger partial charge in [-0.3, -0.25) is 9.69 Å². The third-order valence-electron chi connectivity index (χ3n) is 2.73. The zero-order chi connectivity index (χ0) is 12.0. The van der Waals surface area contributed by atoms with Crippen molar-refractivity contribution >= 4 is 5.97 Å². The van der Waals surface area contributed by atoms with Crippen LogP contribution in [0.1, 0.15) is 19.8 Å². The Hall–Kier alpha value is -0.650. The van der Waals surface area contributed by atoms with Crippen LogP contribution in [0, 0.1) is 0 Å². The van der Waals surface area contributed by atoms with Gasteiger partial charge in [-0.25, -0.2) is 0 Å². The number of β-amino-alcohol motifs (C(OH)–C–C–N with tert-alkyl or cyclic N) is 1. The largest absolute Gasteiger partial charge is 0.468 e. The summed E-state index contributed by atoms with van der Waals surface area (Å²) in [5.74, 6) is -0.271. The molecule has 1 N–H and O–H groups in total. The summed E-state index contributed by atoms with van der Waals surface area (Å²) >= 11 is 0.